The molecule has 1 heterocycles. The number of halogens is 1. The molecule has 1 unspecified atom stereocenters. The summed E-state index contributed by atoms with van der Waals surface area (Å²) in [6.07, 6.45) is 0.146. The van der Waals surface area contributed by atoms with Crippen molar-refractivity contribution in [3.8, 4) is 0 Å². The normalized spacial score (nSPS) is 17.4. The van der Waals surface area contributed by atoms with Gasteiger partial charge in [-0.15, -0.1) is 0 Å². The third-order valence-electron chi connectivity index (χ3n) is 3.76. The van der Waals surface area contributed by atoms with E-state index in [0.29, 0.717) is 18.5 Å². The van der Waals surface area contributed by atoms with Gasteiger partial charge in [-0.1, -0.05) is 30.3 Å². The Hall–Kier alpha value is -2.20. The van der Waals surface area contributed by atoms with Gasteiger partial charge >= 0.3 is 0 Å². The maximum Gasteiger partial charge on any atom is 0.231 e. The summed E-state index contributed by atoms with van der Waals surface area (Å²) >= 11 is 0. The zero-order valence-corrected chi connectivity index (χ0v) is 11.5. The molecular weight excluding hydrogens is 269 g/mol. The number of fused-ring (bicyclic) bond motifs is 1. The van der Waals surface area contributed by atoms with E-state index in [0.717, 1.165) is 11.3 Å². The second-order valence-electron chi connectivity index (χ2n) is 5.22. The van der Waals surface area contributed by atoms with Crippen LogP contribution in [-0.2, 0) is 11.2 Å². The van der Waals surface area contributed by atoms with Crippen LogP contribution >= 0.6 is 0 Å². The first kappa shape index (κ1) is 13.8. The second kappa shape index (κ2) is 5.66. The fraction of sp³-hybridized carbons (Fsp3) is 0.235. The lowest BCUT2D eigenvalue weighted by Crippen LogP contribution is -2.37. The summed E-state index contributed by atoms with van der Waals surface area (Å²) in [6, 6.07) is 13.4. The molecule has 0 spiro atoms. The number of amides is 1. The first-order valence-corrected chi connectivity index (χ1v) is 6.97. The third-order valence-corrected chi connectivity index (χ3v) is 3.76. The van der Waals surface area contributed by atoms with Crippen LogP contribution in [0.25, 0.3) is 0 Å². The van der Waals surface area contributed by atoms with E-state index in [2.05, 4.69) is 0 Å². The topological polar surface area (TPSA) is 40.5 Å². The minimum Gasteiger partial charge on any atom is -0.388 e. The first-order chi connectivity index (χ1) is 10.1. The zero-order valence-electron chi connectivity index (χ0n) is 11.5. The molecule has 3 rings (SSSR count). The standard InChI is InChI=1S/C17H16FNO2/c18-13-5-3-4-12(10-13)11-17(21)19-9-8-16(20)14-6-1-2-7-15(14)19/h1-7,10,16,20H,8-9,11H2. The highest BCUT2D eigenvalue weighted by molar-refractivity contribution is 5.96. The Morgan fingerprint density at radius 2 is 2.05 bits per heavy atom. The van der Waals surface area contributed by atoms with Crippen molar-refractivity contribution in [3.05, 3.63) is 65.5 Å². The number of nitrogens with zero attached hydrogens (tertiary/aromatic N) is 1. The van der Waals surface area contributed by atoms with Gasteiger partial charge in [0.05, 0.1) is 12.5 Å². The summed E-state index contributed by atoms with van der Waals surface area (Å²) in [7, 11) is 0. The highest BCUT2D eigenvalue weighted by Gasteiger charge is 2.27. The number of rotatable bonds is 2. The van der Waals surface area contributed by atoms with Gasteiger partial charge in [-0.05, 0) is 30.2 Å². The number of hydrogen-bond donors (Lipinski definition) is 1. The van der Waals surface area contributed by atoms with E-state index >= 15 is 0 Å². The second-order valence-corrected chi connectivity index (χ2v) is 5.22. The summed E-state index contributed by atoms with van der Waals surface area (Å²) < 4.78 is 13.2. The minimum absolute atomic E-state index is 0.0834. The van der Waals surface area contributed by atoms with Gasteiger partial charge in [0, 0.05) is 17.8 Å². The van der Waals surface area contributed by atoms with E-state index in [9.17, 15) is 14.3 Å². The number of carbonyl (C=O) groups excluding carboxylic acids is 1. The monoisotopic (exact) mass is 285 g/mol. The van der Waals surface area contributed by atoms with E-state index < -0.39 is 6.10 Å². The molecule has 0 aromatic heterocycles. The molecule has 1 aliphatic heterocycles. The van der Waals surface area contributed by atoms with Crippen molar-refractivity contribution in [3.63, 3.8) is 0 Å². The van der Waals surface area contributed by atoms with Gasteiger partial charge in [0.15, 0.2) is 0 Å². The van der Waals surface area contributed by atoms with Crippen LogP contribution in [-0.4, -0.2) is 17.6 Å². The average molecular weight is 285 g/mol. The number of benzene rings is 2. The summed E-state index contributed by atoms with van der Waals surface area (Å²) in [5.74, 6) is -0.422. The smallest absolute Gasteiger partial charge is 0.231 e. The molecule has 0 bridgehead atoms. The van der Waals surface area contributed by atoms with E-state index in [1.54, 1.807) is 17.0 Å². The Morgan fingerprint density at radius 3 is 2.86 bits per heavy atom. The van der Waals surface area contributed by atoms with E-state index in [-0.39, 0.29) is 18.1 Å². The lowest BCUT2D eigenvalue weighted by atomic mass is 9.98. The van der Waals surface area contributed by atoms with Crippen molar-refractivity contribution < 1.29 is 14.3 Å². The molecule has 2 aromatic rings. The largest absolute Gasteiger partial charge is 0.388 e. The minimum atomic E-state index is -0.528. The molecule has 0 fully saturated rings. The molecule has 1 amide bonds. The number of aliphatic hydroxyl groups is 1. The van der Waals surface area contributed by atoms with Crippen LogP contribution in [0.5, 0.6) is 0 Å². The Kier molecular flexibility index (Phi) is 3.71. The van der Waals surface area contributed by atoms with E-state index in [4.69, 9.17) is 0 Å². The predicted octanol–water partition coefficient (Wildman–Crippen LogP) is 2.84. The van der Waals surface area contributed by atoms with Crippen molar-refractivity contribution in [1.29, 1.82) is 0 Å². The van der Waals surface area contributed by atoms with Gasteiger partial charge in [-0.25, -0.2) is 4.39 Å². The number of carbonyl (C=O) groups is 1. The molecule has 3 nitrogen and oxygen atoms in total. The summed E-state index contributed by atoms with van der Waals surface area (Å²) in [4.78, 5) is 14.1. The van der Waals surface area contributed by atoms with Crippen molar-refractivity contribution >= 4 is 11.6 Å². The van der Waals surface area contributed by atoms with Gasteiger partial charge in [0.2, 0.25) is 5.91 Å². The molecule has 21 heavy (non-hydrogen) atoms. The third kappa shape index (κ3) is 2.81. The van der Waals surface area contributed by atoms with Crippen LogP contribution in [0.3, 0.4) is 0 Å². The molecule has 4 heteroatoms. The van der Waals surface area contributed by atoms with Crippen molar-refractivity contribution in [2.45, 2.75) is 18.9 Å². The molecule has 1 aliphatic rings. The van der Waals surface area contributed by atoms with Crippen LogP contribution in [0.1, 0.15) is 23.7 Å². The highest BCUT2D eigenvalue weighted by Crippen LogP contribution is 2.33. The van der Waals surface area contributed by atoms with Crippen LogP contribution in [0.15, 0.2) is 48.5 Å². The molecule has 0 saturated heterocycles. The predicted molar refractivity (Wildman–Crippen MR) is 78.5 cm³/mol. The molecular formula is C17H16FNO2. The molecule has 108 valence electrons. The summed E-state index contributed by atoms with van der Waals surface area (Å²) in [5, 5.41) is 10.00. The lowest BCUT2D eigenvalue weighted by molar-refractivity contribution is -0.118. The SMILES string of the molecule is O=C(Cc1cccc(F)c1)N1CCC(O)c2ccccc21. The Balaban J connectivity index is 1.84. The molecule has 0 saturated carbocycles. The average Bonchev–Trinajstić information content (AvgIpc) is 2.48. The zero-order chi connectivity index (χ0) is 14.8. The number of anilines is 1. The number of para-hydroxylation sites is 1. The van der Waals surface area contributed by atoms with Gasteiger partial charge in [0.1, 0.15) is 5.82 Å². The lowest BCUT2D eigenvalue weighted by Gasteiger charge is -2.32. The van der Waals surface area contributed by atoms with Gasteiger partial charge in [-0.3, -0.25) is 4.79 Å². The highest BCUT2D eigenvalue weighted by atomic mass is 19.1. The maximum atomic E-state index is 13.2. The van der Waals surface area contributed by atoms with Crippen molar-refractivity contribution in [2.24, 2.45) is 0 Å². The summed E-state index contributed by atoms with van der Waals surface area (Å²) in [5.41, 5.74) is 2.18. The Morgan fingerprint density at radius 1 is 1.24 bits per heavy atom. The number of aliphatic hydroxyl groups excluding tert-OH is 1. The van der Waals surface area contributed by atoms with Crippen LogP contribution < -0.4 is 4.90 Å². The molecule has 1 atom stereocenters. The fourth-order valence-corrected chi connectivity index (χ4v) is 2.72. The Bertz CT molecular complexity index is 671. The van der Waals surface area contributed by atoms with Gasteiger partial charge < -0.3 is 10.0 Å². The Labute approximate surface area is 122 Å². The molecule has 0 aliphatic carbocycles. The van der Waals surface area contributed by atoms with Crippen LogP contribution in [0.4, 0.5) is 10.1 Å². The molecule has 1 N–H and O–H groups in total. The maximum absolute atomic E-state index is 13.2. The number of hydrogen-bond acceptors (Lipinski definition) is 2. The van der Waals surface area contributed by atoms with Crippen molar-refractivity contribution in [2.75, 3.05) is 11.4 Å². The quantitative estimate of drug-likeness (QED) is 0.921. The first-order valence-electron chi connectivity index (χ1n) is 6.97. The summed E-state index contributed by atoms with van der Waals surface area (Å²) in [6.45, 7) is 0.479. The fourth-order valence-electron chi connectivity index (χ4n) is 2.72. The van der Waals surface area contributed by atoms with Gasteiger partial charge in [0.25, 0.3) is 0 Å². The van der Waals surface area contributed by atoms with Crippen LogP contribution in [0, 0.1) is 5.82 Å². The molecule has 0 radical (unpaired) electrons. The van der Waals surface area contributed by atoms with Gasteiger partial charge in [-0.2, -0.15) is 0 Å². The molecule has 2 aromatic carbocycles. The van der Waals surface area contributed by atoms with Crippen LogP contribution in [0.2, 0.25) is 0 Å². The van der Waals surface area contributed by atoms with E-state index in [1.807, 2.05) is 24.3 Å². The van der Waals surface area contributed by atoms with E-state index in [1.165, 1.54) is 12.1 Å². The van der Waals surface area contributed by atoms with Crippen molar-refractivity contribution in [1.82, 2.24) is 0 Å².